The standard InChI is InChI=1S/C20H20ClFN2O4/c1-11(2)18(24-19(25)12-3-5-13(22)6-4-12)20(26)23-15-10-17-16(9-14(15)21)27-7-8-28-17/h3-6,9-11,18H,7-8H2,1-2H3,(H,23,26)(H,24,25)/t18-/m0/s1. The summed E-state index contributed by atoms with van der Waals surface area (Å²) in [5.41, 5.74) is 0.620. The molecule has 0 spiro atoms. The zero-order valence-corrected chi connectivity index (χ0v) is 16.2. The van der Waals surface area contributed by atoms with Crippen LogP contribution < -0.4 is 20.1 Å². The van der Waals surface area contributed by atoms with Crippen LogP contribution in [0.4, 0.5) is 10.1 Å². The second kappa shape index (κ2) is 8.48. The van der Waals surface area contributed by atoms with Crippen LogP contribution in [0.1, 0.15) is 24.2 Å². The van der Waals surface area contributed by atoms with Gasteiger partial charge in [0, 0.05) is 17.7 Å². The molecule has 0 bridgehead atoms. The van der Waals surface area contributed by atoms with Crippen molar-refractivity contribution in [2.45, 2.75) is 19.9 Å². The Morgan fingerprint density at radius 2 is 1.68 bits per heavy atom. The largest absolute Gasteiger partial charge is 0.486 e. The van der Waals surface area contributed by atoms with Crippen molar-refractivity contribution in [1.29, 1.82) is 0 Å². The SMILES string of the molecule is CC(C)[C@H](NC(=O)c1ccc(F)cc1)C(=O)Nc1cc2c(cc1Cl)OCCO2. The number of carbonyl (C=O) groups excluding carboxylic acids is 2. The third kappa shape index (κ3) is 4.54. The molecule has 1 atom stereocenters. The second-order valence-corrected chi connectivity index (χ2v) is 7.07. The summed E-state index contributed by atoms with van der Waals surface area (Å²) >= 11 is 6.23. The predicted molar refractivity (Wildman–Crippen MR) is 104 cm³/mol. The van der Waals surface area contributed by atoms with Crippen molar-refractivity contribution in [2.75, 3.05) is 18.5 Å². The van der Waals surface area contributed by atoms with E-state index in [2.05, 4.69) is 10.6 Å². The molecule has 0 saturated heterocycles. The molecule has 6 nitrogen and oxygen atoms in total. The third-order valence-corrected chi connectivity index (χ3v) is 4.54. The molecule has 28 heavy (non-hydrogen) atoms. The van der Waals surface area contributed by atoms with Crippen LogP contribution >= 0.6 is 11.6 Å². The van der Waals surface area contributed by atoms with Gasteiger partial charge in [0.1, 0.15) is 25.1 Å². The van der Waals surface area contributed by atoms with Crippen LogP contribution in [-0.4, -0.2) is 31.1 Å². The van der Waals surface area contributed by atoms with E-state index in [1.54, 1.807) is 26.0 Å². The Balaban J connectivity index is 1.74. The molecule has 8 heteroatoms. The molecule has 1 aliphatic heterocycles. The number of fused-ring (bicyclic) bond motifs is 1. The van der Waals surface area contributed by atoms with Crippen LogP contribution in [0.5, 0.6) is 11.5 Å². The number of nitrogens with one attached hydrogen (secondary N) is 2. The van der Waals surface area contributed by atoms with Gasteiger partial charge in [-0.2, -0.15) is 0 Å². The van der Waals surface area contributed by atoms with Crippen molar-refractivity contribution >= 4 is 29.1 Å². The topological polar surface area (TPSA) is 76.7 Å². The molecule has 0 saturated carbocycles. The van der Waals surface area contributed by atoms with E-state index in [9.17, 15) is 14.0 Å². The minimum atomic E-state index is -0.818. The first-order valence-electron chi connectivity index (χ1n) is 8.81. The summed E-state index contributed by atoms with van der Waals surface area (Å²) in [5.74, 6) is -0.531. The van der Waals surface area contributed by atoms with Crippen LogP contribution in [0, 0.1) is 11.7 Å². The van der Waals surface area contributed by atoms with Crippen molar-refractivity contribution < 1.29 is 23.5 Å². The van der Waals surface area contributed by atoms with Crippen molar-refractivity contribution in [1.82, 2.24) is 5.32 Å². The number of anilines is 1. The van der Waals surface area contributed by atoms with Crippen molar-refractivity contribution in [3.05, 3.63) is 52.8 Å². The highest BCUT2D eigenvalue weighted by Crippen LogP contribution is 2.38. The second-order valence-electron chi connectivity index (χ2n) is 6.67. The molecule has 148 valence electrons. The highest BCUT2D eigenvalue weighted by atomic mass is 35.5. The summed E-state index contributed by atoms with van der Waals surface area (Å²) in [4.78, 5) is 25.2. The number of hydrogen-bond acceptors (Lipinski definition) is 4. The molecule has 2 amide bonds. The highest BCUT2D eigenvalue weighted by Gasteiger charge is 2.26. The highest BCUT2D eigenvalue weighted by molar-refractivity contribution is 6.34. The molecule has 1 heterocycles. The molecule has 0 radical (unpaired) electrons. The molecular weight excluding hydrogens is 387 g/mol. The summed E-state index contributed by atoms with van der Waals surface area (Å²) in [6.07, 6.45) is 0. The van der Waals surface area contributed by atoms with Crippen LogP contribution in [-0.2, 0) is 4.79 Å². The van der Waals surface area contributed by atoms with E-state index in [1.807, 2.05) is 0 Å². The lowest BCUT2D eigenvalue weighted by Crippen LogP contribution is -2.47. The van der Waals surface area contributed by atoms with Crippen LogP contribution in [0.15, 0.2) is 36.4 Å². The van der Waals surface area contributed by atoms with Gasteiger partial charge in [-0.05, 0) is 30.2 Å². The van der Waals surface area contributed by atoms with Gasteiger partial charge in [-0.3, -0.25) is 9.59 Å². The lowest BCUT2D eigenvalue weighted by molar-refractivity contribution is -0.118. The molecule has 0 aromatic heterocycles. The zero-order valence-electron chi connectivity index (χ0n) is 15.4. The number of ether oxygens (including phenoxy) is 2. The summed E-state index contributed by atoms with van der Waals surface area (Å²) < 4.78 is 24.0. The predicted octanol–water partition coefficient (Wildman–Crippen LogP) is 3.64. The van der Waals surface area contributed by atoms with Gasteiger partial charge in [0.25, 0.3) is 5.91 Å². The van der Waals surface area contributed by atoms with Gasteiger partial charge < -0.3 is 20.1 Å². The summed E-state index contributed by atoms with van der Waals surface area (Å²) in [6, 6.07) is 7.45. The first-order chi connectivity index (χ1) is 13.3. The van der Waals surface area contributed by atoms with Crippen molar-refractivity contribution in [3.63, 3.8) is 0 Å². The number of amides is 2. The maximum Gasteiger partial charge on any atom is 0.251 e. The number of hydrogen-bond donors (Lipinski definition) is 2. The molecule has 0 fully saturated rings. The zero-order chi connectivity index (χ0) is 20.3. The van der Waals surface area contributed by atoms with Gasteiger partial charge in [0.15, 0.2) is 11.5 Å². The van der Waals surface area contributed by atoms with Crippen LogP contribution in [0.2, 0.25) is 5.02 Å². The number of rotatable bonds is 5. The Morgan fingerprint density at radius 3 is 2.29 bits per heavy atom. The Labute approximate surface area is 167 Å². The molecule has 2 aromatic carbocycles. The van der Waals surface area contributed by atoms with Crippen molar-refractivity contribution in [3.8, 4) is 11.5 Å². The quantitative estimate of drug-likeness (QED) is 0.794. The molecule has 2 N–H and O–H groups in total. The number of carbonyl (C=O) groups is 2. The van der Waals surface area contributed by atoms with E-state index < -0.39 is 23.7 Å². The minimum absolute atomic E-state index is 0.194. The Kier molecular flexibility index (Phi) is 6.04. The van der Waals surface area contributed by atoms with E-state index in [0.717, 1.165) is 0 Å². The lowest BCUT2D eigenvalue weighted by atomic mass is 10.0. The maximum atomic E-state index is 13.0. The first kappa shape index (κ1) is 19.9. The Hall–Kier alpha value is -2.80. The van der Waals surface area contributed by atoms with Crippen LogP contribution in [0.3, 0.4) is 0 Å². The fraction of sp³-hybridized carbons (Fsp3) is 0.300. The summed E-state index contributed by atoms with van der Waals surface area (Å²) in [7, 11) is 0. The van der Waals surface area contributed by atoms with E-state index in [4.69, 9.17) is 21.1 Å². The molecule has 2 aromatic rings. The fourth-order valence-electron chi connectivity index (χ4n) is 2.73. The van der Waals surface area contributed by atoms with E-state index >= 15 is 0 Å². The number of benzene rings is 2. The monoisotopic (exact) mass is 406 g/mol. The smallest absolute Gasteiger partial charge is 0.251 e. The summed E-state index contributed by atoms with van der Waals surface area (Å²) in [5, 5.41) is 5.70. The Bertz CT molecular complexity index is 887. The van der Waals surface area contributed by atoms with Gasteiger partial charge in [-0.1, -0.05) is 25.4 Å². The van der Waals surface area contributed by atoms with E-state index in [-0.39, 0.29) is 11.5 Å². The van der Waals surface area contributed by atoms with Gasteiger partial charge in [0.05, 0.1) is 10.7 Å². The number of halogens is 2. The summed E-state index contributed by atoms with van der Waals surface area (Å²) in [6.45, 7) is 4.45. The van der Waals surface area contributed by atoms with Crippen molar-refractivity contribution in [2.24, 2.45) is 5.92 Å². The lowest BCUT2D eigenvalue weighted by Gasteiger charge is -2.23. The molecule has 0 aliphatic carbocycles. The Morgan fingerprint density at radius 1 is 1.07 bits per heavy atom. The normalized spacial score (nSPS) is 13.8. The minimum Gasteiger partial charge on any atom is -0.486 e. The van der Waals surface area contributed by atoms with E-state index in [1.165, 1.54) is 24.3 Å². The third-order valence-electron chi connectivity index (χ3n) is 4.23. The molecule has 1 aliphatic rings. The van der Waals surface area contributed by atoms with Gasteiger partial charge in [-0.15, -0.1) is 0 Å². The maximum absolute atomic E-state index is 13.0. The van der Waals surface area contributed by atoms with E-state index in [0.29, 0.717) is 35.4 Å². The van der Waals surface area contributed by atoms with Gasteiger partial charge in [0.2, 0.25) is 5.91 Å². The van der Waals surface area contributed by atoms with Crippen LogP contribution in [0.25, 0.3) is 0 Å². The fourth-order valence-corrected chi connectivity index (χ4v) is 2.93. The first-order valence-corrected chi connectivity index (χ1v) is 9.19. The molecule has 0 unspecified atom stereocenters. The average Bonchev–Trinajstić information content (AvgIpc) is 2.66. The average molecular weight is 407 g/mol. The molecular formula is C20H20ClFN2O4. The van der Waals surface area contributed by atoms with Gasteiger partial charge in [-0.25, -0.2) is 4.39 Å². The molecule has 3 rings (SSSR count). The van der Waals surface area contributed by atoms with Gasteiger partial charge >= 0.3 is 0 Å².